The van der Waals surface area contributed by atoms with Crippen LogP contribution in [0.15, 0.2) is 28.8 Å². The van der Waals surface area contributed by atoms with E-state index in [1.54, 1.807) is 0 Å². The van der Waals surface area contributed by atoms with Gasteiger partial charge in [0.05, 0.1) is 5.69 Å². The van der Waals surface area contributed by atoms with Gasteiger partial charge in [-0.15, -0.1) is 0 Å². The number of hydrogen-bond acceptors (Lipinski definition) is 1. The maximum Gasteiger partial charge on any atom is 0.0697 e. The second-order valence-corrected chi connectivity index (χ2v) is 3.44. The van der Waals surface area contributed by atoms with Crippen molar-refractivity contribution in [1.29, 1.82) is 0 Å². The van der Waals surface area contributed by atoms with Crippen molar-refractivity contribution in [3.8, 4) is 0 Å². The normalized spacial score (nSPS) is 9.46. The Labute approximate surface area is 79.8 Å². The van der Waals surface area contributed by atoms with Crippen molar-refractivity contribution < 1.29 is 0 Å². The number of aryl methyl sites for hydroxylation is 1. The molecule has 1 aromatic rings. The van der Waals surface area contributed by atoms with Crippen molar-refractivity contribution in [2.45, 2.75) is 20.8 Å². The van der Waals surface area contributed by atoms with Crippen molar-refractivity contribution in [2.75, 3.05) is 0 Å². The maximum absolute atomic E-state index is 3.99. The van der Waals surface area contributed by atoms with Crippen LogP contribution >= 0.6 is 0 Å². The van der Waals surface area contributed by atoms with Gasteiger partial charge in [0.2, 0.25) is 0 Å². The molecule has 1 nitrogen and oxygen atoms in total. The van der Waals surface area contributed by atoms with E-state index in [1.165, 1.54) is 11.1 Å². The Balaban J connectivity index is 3.21. The topological polar surface area (TPSA) is 12.4 Å². The van der Waals surface area contributed by atoms with E-state index in [9.17, 15) is 0 Å². The zero-order chi connectivity index (χ0) is 9.84. The molecule has 0 saturated heterocycles. The van der Waals surface area contributed by atoms with Crippen molar-refractivity contribution in [3.63, 3.8) is 0 Å². The minimum absolute atomic E-state index is 0.959. The Hall–Kier alpha value is -1.37. The molecule has 0 atom stereocenters. The van der Waals surface area contributed by atoms with Crippen LogP contribution in [-0.4, -0.2) is 6.72 Å². The number of nitrogens with zero attached hydrogens (tertiary/aromatic N) is 1. The zero-order valence-corrected chi connectivity index (χ0v) is 8.46. The second-order valence-electron chi connectivity index (χ2n) is 3.44. The van der Waals surface area contributed by atoms with E-state index < -0.39 is 0 Å². The highest BCUT2D eigenvalue weighted by Crippen LogP contribution is 2.22. The quantitative estimate of drug-likeness (QED) is 0.604. The molecule has 1 heteroatoms. The molecule has 68 valence electrons. The van der Waals surface area contributed by atoms with Crippen molar-refractivity contribution in [1.82, 2.24) is 0 Å². The highest BCUT2D eigenvalue weighted by molar-refractivity contribution is 5.67. The van der Waals surface area contributed by atoms with Crippen molar-refractivity contribution in [2.24, 2.45) is 4.99 Å². The van der Waals surface area contributed by atoms with Gasteiger partial charge < -0.3 is 0 Å². The molecule has 0 heterocycles. The van der Waals surface area contributed by atoms with E-state index >= 15 is 0 Å². The number of aliphatic imine (C=N–C) groups is 1. The van der Waals surface area contributed by atoms with Crippen LogP contribution in [0.1, 0.15) is 25.0 Å². The molecule has 0 radical (unpaired) electrons. The van der Waals surface area contributed by atoms with Crippen LogP contribution in [-0.2, 0) is 0 Å². The average molecular weight is 173 g/mol. The summed E-state index contributed by atoms with van der Waals surface area (Å²) < 4.78 is 0. The van der Waals surface area contributed by atoms with E-state index in [2.05, 4.69) is 50.7 Å². The lowest BCUT2D eigenvalue weighted by atomic mass is 10.1. The van der Waals surface area contributed by atoms with Crippen LogP contribution in [0, 0.1) is 6.92 Å². The summed E-state index contributed by atoms with van der Waals surface area (Å²) in [6.07, 6.45) is 2.11. The molecule has 0 aliphatic heterocycles. The summed E-state index contributed by atoms with van der Waals surface area (Å²) in [6.45, 7) is 9.77. The number of rotatable bonds is 2. The first kappa shape index (κ1) is 9.72. The van der Waals surface area contributed by atoms with Crippen LogP contribution in [0.5, 0.6) is 0 Å². The Morgan fingerprint density at radius 3 is 2.62 bits per heavy atom. The van der Waals surface area contributed by atoms with E-state index in [1.807, 2.05) is 6.07 Å². The third-order valence-electron chi connectivity index (χ3n) is 1.80. The molecule has 0 aliphatic rings. The first-order chi connectivity index (χ1) is 6.13. The molecular formula is C12H15N. The van der Waals surface area contributed by atoms with E-state index in [0.29, 0.717) is 0 Å². The van der Waals surface area contributed by atoms with Crippen LogP contribution < -0.4 is 0 Å². The largest absolute Gasteiger partial charge is 0.264 e. The SMILES string of the molecule is C=Nc1cc(C)ccc1C=C(C)C. The van der Waals surface area contributed by atoms with Crippen LogP contribution in [0.4, 0.5) is 5.69 Å². The number of allylic oxidation sites excluding steroid dienone is 1. The molecular weight excluding hydrogens is 158 g/mol. The lowest BCUT2D eigenvalue weighted by Crippen LogP contribution is -1.78. The van der Waals surface area contributed by atoms with E-state index in [-0.39, 0.29) is 0 Å². The Bertz CT molecular complexity index is 344. The molecule has 0 saturated carbocycles. The molecule has 0 amide bonds. The summed E-state index contributed by atoms with van der Waals surface area (Å²) in [6, 6.07) is 6.21. The van der Waals surface area contributed by atoms with Crippen LogP contribution in [0.2, 0.25) is 0 Å². The minimum Gasteiger partial charge on any atom is -0.264 e. The van der Waals surface area contributed by atoms with Gasteiger partial charge in [-0.1, -0.05) is 23.8 Å². The highest BCUT2D eigenvalue weighted by atomic mass is 14.7. The molecule has 1 aromatic carbocycles. The molecule has 0 fully saturated rings. The predicted molar refractivity (Wildman–Crippen MR) is 59.7 cm³/mol. The minimum atomic E-state index is 0.959. The van der Waals surface area contributed by atoms with Gasteiger partial charge in [-0.05, 0) is 39.1 Å². The van der Waals surface area contributed by atoms with Gasteiger partial charge in [0.1, 0.15) is 0 Å². The average Bonchev–Trinajstić information content (AvgIpc) is 2.07. The zero-order valence-electron chi connectivity index (χ0n) is 8.46. The first-order valence-corrected chi connectivity index (χ1v) is 4.36. The molecule has 0 spiro atoms. The smallest absolute Gasteiger partial charge is 0.0697 e. The molecule has 0 N–H and O–H groups in total. The Morgan fingerprint density at radius 2 is 2.08 bits per heavy atom. The Kier molecular flexibility index (Phi) is 3.02. The third kappa shape index (κ3) is 2.55. The lowest BCUT2D eigenvalue weighted by Gasteiger charge is -2.02. The summed E-state index contributed by atoms with van der Waals surface area (Å²) in [5, 5.41) is 0. The molecule has 1 rings (SSSR count). The highest BCUT2D eigenvalue weighted by Gasteiger charge is 1.96. The second kappa shape index (κ2) is 4.04. The van der Waals surface area contributed by atoms with E-state index in [4.69, 9.17) is 0 Å². The fourth-order valence-electron chi connectivity index (χ4n) is 1.22. The third-order valence-corrected chi connectivity index (χ3v) is 1.80. The van der Waals surface area contributed by atoms with Crippen molar-refractivity contribution in [3.05, 3.63) is 34.9 Å². The summed E-state index contributed by atoms with van der Waals surface area (Å²) in [4.78, 5) is 3.99. The van der Waals surface area contributed by atoms with Crippen LogP contribution in [0.3, 0.4) is 0 Å². The molecule has 13 heavy (non-hydrogen) atoms. The fraction of sp³-hybridized carbons (Fsp3) is 0.250. The van der Waals surface area contributed by atoms with Gasteiger partial charge >= 0.3 is 0 Å². The summed E-state index contributed by atoms with van der Waals surface area (Å²) in [7, 11) is 0. The number of benzene rings is 1. The van der Waals surface area contributed by atoms with Crippen molar-refractivity contribution >= 4 is 18.5 Å². The summed E-state index contributed by atoms with van der Waals surface area (Å²) in [5.74, 6) is 0. The Morgan fingerprint density at radius 1 is 1.38 bits per heavy atom. The lowest BCUT2D eigenvalue weighted by molar-refractivity contribution is 1.39. The van der Waals surface area contributed by atoms with E-state index in [0.717, 1.165) is 11.3 Å². The first-order valence-electron chi connectivity index (χ1n) is 4.36. The predicted octanol–water partition coefficient (Wildman–Crippen LogP) is 3.75. The van der Waals surface area contributed by atoms with Gasteiger partial charge in [0, 0.05) is 5.56 Å². The van der Waals surface area contributed by atoms with Gasteiger partial charge in [0.25, 0.3) is 0 Å². The molecule has 0 aromatic heterocycles. The van der Waals surface area contributed by atoms with Gasteiger partial charge in [-0.2, -0.15) is 0 Å². The monoisotopic (exact) mass is 173 g/mol. The van der Waals surface area contributed by atoms with Gasteiger partial charge in [-0.3, -0.25) is 4.99 Å². The standard InChI is InChI=1S/C12H15N/c1-9(2)7-11-6-5-10(3)8-12(11)13-4/h5-8H,4H2,1-3H3. The molecule has 0 aliphatic carbocycles. The van der Waals surface area contributed by atoms with Gasteiger partial charge in [0.15, 0.2) is 0 Å². The summed E-state index contributed by atoms with van der Waals surface area (Å²) in [5.41, 5.74) is 4.59. The molecule has 0 unspecified atom stereocenters. The van der Waals surface area contributed by atoms with Crippen LogP contribution in [0.25, 0.3) is 6.08 Å². The van der Waals surface area contributed by atoms with Gasteiger partial charge in [-0.25, -0.2) is 0 Å². The maximum atomic E-state index is 3.99. The summed E-state index contributed by atoms with van der Waals surface area (Å²) >= 11 is 0. The number of hydrogen-bond donors (Lipinski definition) is 0. The molecule has 0 bridgehead atoms. The fourth-order valence-corrected chi connectivity index (χ4v) is 1.22.